The van der Waals surface area contributed by atoms with E-state index in [-0.39, 0.29) is 72.4 Å². The maximum Gasteiger partial charge on any atom is 0.296 e. The lowest BCUT2D eigenvalue weighted by Crippen LogP contribution is -2.62. The minimum absolute atomic E-state index is 0.00479. The maximum absolute atomic E-state index is 14.6. The average Bonchev–Trinajstić information content (AvgIpc) is 3.90. The van der Waals surface area contributed by atoms with E-state index in [0.717, 1.165) is 19.3 Å². The monoisotopic (exact) mass is 751 g/mol. The molecule has 4 aliphatic carbocycles. The Hall–Kier alpha value is -1.72. The minimum atomic E-state index is -4.57. The second-order valence-corrected chi connectivity index (χ2v) is 19.8. The van der Waals surface area contributed by atoms with Crippen molar-refractivity contribution in [3.05, 3.63) is 23.8 Å². The molecule has 5 heterocycles. The minimum Gasteiger partial charge on any atom is -0.398 e. The van der Waals surface area contributed by atoms with Crippen molar-refractivity contribution in [2.75, 3.05) is 5.73 Å². The average molecular weight is 752 g/mol. The van der Waals surface area contributed by atoms with Gasteiger partial charge in [0.05, 0.1) is 55.0 Å². The van der Waals surface area contributed by atoms with Gasteiger partial charge in [-0.25, -0.2) is 0 Å². The van der Waals surface area contributed by atoms with Crippen LogP contribution in [0.5, 0.6) is 0 Å². The number of hydrogen-bond acceptors (Lipinski definition) is 12. The summed E-state index contributed by atoms with van der Waals surface area (Å²) < 4.78 is 34.3. The third-order valence-electron chi connectivity index (χ3n) is 15.8. The normalized spacial score (nSPS) is 48.0. The van der Waals surface area contributed by atoms with Crippen LogP contribution in [0.25, 0.3) is 0 Å². The van der Waals surface area contributed by atoms with Crippen molar-refractivity contribution >= 4 is 21.6 Å². The third-order valence-corrected chi connectivity index (χ3v) is 16.7. The fourth-order valence-electron chi connectivity index (χ4n) is 13.5. The summed E-state index contributed by atoms with van der Waals surface area (Å²) in [5.74, 6) is 3.24. The summed E-state index contributed by atoms with van der Waals surface area (Å²) >= 11 is 0. The summed E-state index contributed by atoms with van der Waals surface area (Å²) in [6.07, 6.45) is 19.0. The number of anilines is 1. The molecule has 5 aliphatic heterocycles. The van der Waals surface area contributed by atoms with E-state index in [1.807, 2.05) is 0 Å². The fourth-order valence-corrected chi connectivity index (χ4v) is 14.1. The number of benzene rings is 1. The summed E-state index contributed by atoms with van der Waals surface area (Å²) in [6.45, 7) is 0. The lowest BCUT2D eigenvalue weighted by atomic mass is 9.69. The highest BCUT2D eigenvalue weighted by Gasteiger charge is 2.56. The predicted octanol–water partition coefficient (Wildman–Crippen LogP) is 2.54. The lowest BCUT2D eigenvalue weighted by Gasteiger charge is -2.39. The lowest BCUT2D eigenvalue weighted by molar-refractivity contribution is 0.0705. The number of nitrogens with one attached hydrogen (secondary N) is 8. The molecule has 8 bridgehead atoms. The van der Waals surface area contributed by atoms with Gasteiger partial charge in [-0.1, -0.05) is 44.9 Å². The molecule has 13 nitrogen and oxygen atoms in total. The Kier molecular flexibility index (Phi) is 9.45. The first-order valence-corrected chi connectivity index (χ1v) is 22.6. The molecule has 17 atom stereocenters. The van der Waals surface area contributed by atoms with Crippen LogP contribution in [0.2, 0.25) is 0 Å². The number of rotatable bonds is 3. The molecule has 14 heteroatoms. The van der Waals surface area contributed by atoms with Crippen LogP contribution in [0.1, 0.15) is 107 Å². The first kappa shape index (κ1) is 35.7. The van der Waals surface area contributed by atoms with Gasteiger partial charge in [-0.05, 0) is 111 Å². The van der Waals surface area contributed by atoms with E-state index >= 15 is 0 Å². The zero-order chi connectivity index (χ0) is 36.0. The van der Waals surface area contributed by atoms with Crippen LogP contribution >= 0.6 is 0 Å². The Bertz CT molecular complexity index is 1660. The van der Waals surface area contributed by atoms with Crippen molar-refractivity contribution < 1.29 is 17.8 Å². The molecule has 292 valence electrons. The third kappa shape index (κ3) is 6.31. The number of nitrogen functional groups attached to an aromatic ring is 1. The largest absolute Gasteiger partial charge is 0.398 e. The van der Waals surface area contributed by atoms with E-state index in [4.69, 9.17) is 5.73 Å². The predicted molar refractivity (Wildman–Crippen MR) is 201 cm³/mol. The van der Waals surface area contributed by atoms with Gasteiger partial charge in [0, 0.05) is 17.4 Å². The maximum atomic E-state index is 14.6. The van der Waals surface area contributed by atoms with E-state index in [1.54, 1.807) is 6.07 Å². The molecular formula is C39H61N9O4S. The van der Waals surface area contributed by atoms with Crippen LogP contribution in [-0.2, 0) is 10.1 Å². The van der Waals surface area contributed by atoms with Crippen molar-refractivity contribution in [2.24, 2.45) is 53.3 Å². The Balaban J connectivity index is 1.00. The standard InChI is InChI=1S/C39H61N9O4S/c40-28-17-16-19(18-29(28)53(50,51)52)31(49)26-14-7-15-27-30(26)39-47-37-25-13-6-5-12-24(25)35(45-37)43-33-21-9-2-1-8-20(21)32(41-33)42-34-22-10-3-4-11-23(22)36(44-34)46-38(27)48-39/h16-18,20-27,30,32-39,41-48H,1-15,40H2,(H,50,51,52). The highest BCUT2D eigenvalue weighted by molar-refractivity contribution is 7.86. The fraction of sp³-hybridized carbons (Fsp3) is 0.821. The summed E-state index contributed by atoms with van der Waals surface area (Å²) in [6, 6.07) is 4.33. The van der Waals surface area contributed by atoms with Crippen molar-refractivity contribution in [3.8, 4) is 0 Å². The summed E-state index contributed by atoms with van der Waals surface area (Å²) in [7, 11) is -4.57. The first-order valence-electron chi connectivity index (χ1n) is 21.2. The van der Waals surface area contributed by atoms with Gasteiger partial charge in [0.1, 0.15) is 4.90 Å². The Morgan fingerprint density at radius 3 is 1.28 bits per heavy atom. The van der Waals surface area contributed by atoms with Crippen molar-refractivity contribution in [1.82, 2.24) is 42.5 Å². The van der Waals surface area contributed by atoms with Gasteiger partial charge in [0.25, 0.3) is 10.1 Å². The summed E-state index contributed by atoms with van der Waals surface area (Å²) in [5.41, 5.74) is 6.19. The van der Waals surface area contributed by atoms with Gasteiger partial charge in [-0.3, -0.25) is 51.9 Å². The SMILES string of the molecule is Nc1ccc(C(=O)C2CCCC3C4NC5NC(NC6NC(NC7NC(NC(N4)C23)C2CCCCC72)C2CCCCC62)C2CCCCC52)cc1S(=O)(=O)O. The molecule has 0 amide bonds. The molecule has 53 heavy (non-hydrogen) atoms. The Labute approximate surface area is 314 Å². The van der Waals surface area contributed by atoms with E-state index in [1.165, 1.54) is 89.2 Å². The zero-order valence-corrected chi connectivity index (χ0v) is 31.6. The molecule has 9 aliphatic rings. The number of fused-ring (bicyclic) bond motifs is 20. The number of hydrogen-bond donors (Lipinski definition) is 10. The molecule has 11 N–H and O–H groups in total. The highest BCUT2D eigenvalue weighted by Crippen LogP contribution is 2.47. The first-order chi connectivity index (χ1) is 25.7. The van der Waals surface area contributed by atoms with E-state index in [9.17, 15) is 17.8 Å². The van der Waals surface area contributed by atoms with Crippen molar-refractivity contribution in [3.63, 3.8) is 0 Å². The van der Waals surface area contributed by atoms with Gasteiger partial charge in [0.2, 0.25) is 0 Å². The smallest absolute Gasteiger partial charge is 0.296 e. The Morgan fingerprint density at radius 2 is 0.887 bits per heavy atom. The molecule has 4 saturated carbocycles. The molecule has 10 rings (SSSR count). The van der Waals surface area contributed by atoms with Gasteiger partial charge >= 0.3 is 0 Å². The number of carbonyl (C=O) groups excluding carboxylic acids is 1. The second-order valence-electron chi connectivity index (χ2n) is 18.4. The molecule has 17 unspecified atom stereocenters. The van der Waals surface area contributed by atoms with E-state index < -0.39 is 15.0 Å². The molecule has 0 aromatic heterocycles. The van der Waals surface area contributed by atoms with Gasteiger partial charge in [-0.15, -0.1) is 0 Å². The molecular weight excluding hydrogens is 691 g/mol. The number of ketones is 1. The van der Waals surface area contributed by atoms with Crippen molar-refractivity contribution in [1.29, 1.82) is 0 Å². The molecule has 5 saturated heterocycles. The number of Topliss-reactive ketones (excluding diaryl/α,β-unsaturated/α-hetero) is 1. The van der Waals surface area contributed by atoms with Crippen LogP contribution in [0.3, 0.4) is 0 Å². The number of carbonyl (C=O) groups is 1. The van der Waals surface area contributed by atoms with Gasteiger partial charge in [-0.2, -0.15) is 8.42 Å². The molecule has 9 fully saturated rings. The highest BCUT2D eigenvalue weighted by atomic mass is 32.2. The van der Waals surface area contributed by atoms with Crippen LogP contribution in [0, 0.1) is 53.3 Å². The zero-order valence-electron chi connectivity index (χ0n) is 30.8. The van der Waals surface area contributed by atoms with Crippen LogP contribution in [0.4, 0.5) is 5.69 Å². The van der Waals surface area contributed by atoms with E-state index in [2.05, 4.69) is 42.5 Å². The second kappa shape index (κ2) is 14.0. The van der Waals surface area contributed by atoms with Crippen LogP contribution < -0.4 is 48.3 Å². The van der Waals surface area contributed by atoms with Gasteiger partial charge < -0.3 is 5.73 Å². The Morgan fingerprint density at radius 1 is 0.528 bits per heavy atom. The molecule has 0 spiro atoms. The summed E-state index contributed by atoms with van der Waals surface area (Å²) in [4.78, 5) is 14.2. The topological polar surface area (TPSA) is 194 Å². The molecule has 1 aromatic rings. The number of nitrogens with two attached hydrogens (primary N) is 1. The van der Waals surface area contributed by atoms with Crippen LogP contribution in [-0.4, -0.2) is 68.1 Å². The summed E-state index contributed by atoms with van der Waals surface area (Å²) in [5, 5.41) is 33.1. The van der Waals surface area contributed by atoms with E-state index in [0.29, 0.717) is 47.2 Å². The van der Waals surface area contributed by atoms with Crippen LogP contribution in [0.15, 0.2) is 23.1 Å². The van der Waals surface area contributed by atoms with Crippen molar-refractivity contribution in [2.45, 2.75) is 151 Å². The quantitative estimate of drug-likeness (QED) is 0.123. The molecule has 0 radical (unpaired) electrons. The molecule has 1 aromatic carbocycles. The van der Waals surface area contributed by atoms with Gasteiger partial charge in [0.15, 0.2) is 5.78 Å².